The van der Waals surface area contributed by atoms with Gasteiger partial charge in [0.15, 0.2) is 0 Å². The van der Waals surface area contributed by atoms with Crippen molar-refractivity contribution in [2.75, 3.05) is 14.2 Å². The summed E-state index contributed by atoms with van der Waals surface area (Å²) in [5, 5.41) is 4.01. The van der Waals surface area contributed by atoms with Crippen molar-refractivity contribution in [3.63, 3.8) is 0 Å². The summed E-state index contributed by atoms with van der Waals surface area (Å²) < 4.78 is 10.3. The molecule has 1 aromatic carbocycles. The highest BCUT2D eigenvalue weighted by Gasteiger charge is 2.33. The molecule has 0 aromatic heterocycles. The molecule has 34 heavy (non-hydrogen) atoms. The number of allylic oxidation sites excluding steroid dienone is 4. The first kappa shape index (κ1) is 26.0. The molecule has 1 N–H and O–H groups in total. The van der Waals surface area contributed by atoms with Crippen molar-refractivity contribution in [1.82, 2.24) is 5.32 Å². The number of methoxy groups -OCH3 is 2. The molecule has 2 aliphatic carbocycles. The van der Waals surface area contributed by atoms with Gasteiger partial charge in [-0.25, -0.2) is 4.79 Å². The molecule has 0 bridgehead atoms. The number of carbonyl (C=O) groups is 2. The predicted octanol–water partition coefficient (Wildman–Crippen LogP) is 6.18. The maximum absolute atomic E-state index is 13.8. The van der Waals surface area contributed by atoms with E-state index in [2.05, 4.69) is 18.3 Å². The van der Waals surface area contributed by atoms with Crippen molar-refractivity contribution >= 4 is 23.5 Å². The molecule has 3 unspecified atom stereocenters. The second kappa shape index (κ2) is 12.7. The summed E-state index contributed by atoms with van der Waals surface area (Å²) in [5.41, 5.74) is 3.51. The van der Waals surface area contributed by atoms with E-state index in [0.717, 1.165) is 54.0 Å². The fourth-order valence-electron chi connectivity index (χ4n) is 4.60. The van der Waals surface area contributed by atoms with Crippen LogP contribution in [0.4, 0.5) is 0 Å². The van der Waals surface area contributed by atoms with Gasteiger partial charge < -0.3 is 14.8 Å². The van der Waals surface area contributed by atoms with Crippen molar-refractivity contribution < 1.29 is 19.1 Å². The van der Waals surface area contributed by atoms with Crippen LogP contribution in [-0.2, 0) is 14.3 Å². The van der Waals surface area contributed by atoms with Crippen molar-refractivity contribution in [2.45, 2.75) is 57.5 Å². The van der Waals surface area contributed by atoms with Gasteiger partial charge in [-0.3, -0.25) is 4.79 Å². The SMILES string of the molecule is CCCC(c1ccc(C(=O)OC)cc1)C(C(=O)NC1=CCC(OC)C=CC1)C1=CC=C(Cl)CC1. The predicted molar refractivity (Wildman–Crippen MR) is 136 cm³/mol. The number of benzene rings is 1. The lowest BCUT2D eigenvalue weighted by Gasteiger charge is -2.30. The quantitative estimate of drug-likeness (QED) is 0.336. The zero-order valence-corrected chi connectivity index (χ0v) is 20.9. The Bertz CT molecular complexity index is 990. The third-order valence-electron chi connectivity index (χ3n) is 6.45. The molecule has 0 fully saturated rings. The van der Waals surface area contributed by atoms with Gasteiger partial charge in [0.25, 0.3) is 0 Å². The Morgan fingerprint density at radius 3 is 2.53 bits per heavy atom. The minimum atomic E-state index is -0.370. The molecular formula is C28H34ClNO4. The number of nitrogens with one attached hydrogen (secondary N) is 1. The molecule has 3 rings (SSSR count). The molecule has 0 radical (unpaired) electrons. The zero-order valence-electron chi connectivity index (χ0n) is 20.2. The van der Waals surface area contributed by atoms with Gasteiger partial charge in [0, 0.05) is 24.3 Å². The van der Waals surface area contributed by atoms with Crippen molar-refractivity contribution in [2.24, 2.45) is 5.92 Å². The average molecular weight is 484 g/mol. The first-order valence-electron chi connectivity index (χ1n) is 11.9. The van der Waals surface area contributed by atoms with Crippen LogP contribution in [0.2, 0.25) is 0 Å². The third kappa shape index (κ3) is 6.71. The molecule has 3 atom stereocenters. The van der Waals surface area contributed by atoms with E-state index in [0.29, 0.717) is 12.0 Å². The van der Waals surface area contributed by atoms with E-state index in [1.54, 1.807) is 19.2 Å². The standard InChI is InChI=1S/C28H34ClNO4/c1-4-6-25(19-9-11-21(12-10-19)28(32)34-3)26(20-13-15-22(29)16-14-20)27(31)30-23-7-5-8-24(33-2)18-17-23/h5,8-13,15,17,24-26H,4,6-7,14,16,18H2,1-3H3,(H,30,31). The molecule has 1 amide bonds. The second-order valence-corrected chi connectivity index (χ2v) is 9.19. The van der Waals surface area contributed by atoms with E-state index in [1.807, 2.05) is 36.4 Å². The Balaban J connectivity index is 1.93. The molecule has 1 aromatic rings. The Morgan fingerprint density at radius 1 is 1.15 bits per heavy atom. The van der Waals surface area contributed by atoms with E-state index in [9.17, 15) is 9.59 Å². The molecule has 0 heterocycles. The van der Waals surface area contributed by atoms with Crippen LogP contribution in [0.1, 0.15) is 67.3 Å². The normalized spacial score (nSPS) is 19.8. The smallest absolute Gasteiger partial charge is 0.337 e. The minimum Gasteiger partial charge on any atom is -0.465 e. The lowest BCUT2D eigenvalue weighted by atomic mass is 9.75. The van der Waals surface area contributed by atoms with Gasteiger partial charge in [-0.2, -0.15) is 0 Å². The number of hydrogen-bond donors (Lipinski definition) is 1. The summed E-state index contributed by atoms with van der Waals surface area (Å²) in [5.74, 6) is -0.743. The van der Waals surface area contributed by atoms with Gasteiger partial charge in [-0.05, 0) is 55.4 Å². The Labute approximate surface area is 207 Å². The lowest BCUT2D eigenvalue weighted by molar-refractivity contribution is -0.124. The van der Waals surface area contributed by atoms with Crippen LogP contribution in [0.5, 0.6) is 0 Å². The summed E-state index contributed by atoms with van der Waals surface area (Å²) >= 11 is 6.23. The monoisotopic (exact) mass is 483 g/mol. The average Bonchev–Trinajstić information content (AvgIpc) is 3.09. The topological polar surface area (TPSA) is 64.6 Å². The molecule has 2 aliphatic rings. The fourth-order valence-corrected chi connectivity index (χ4v) is 4.76. The van der Waals surface area contributed by atoms with Crippen molar-refractivity contribution in [3.05, 3.63) is 82.1 Å². The number of hydrogen-bond acceptors (Lipinski definition) is 4. The van der Waals surface area contributed by atoms with Crippen LogP contribution < -0.4 is 5.32 Å². The van der Waals surface area contributed by atoms with Crippen LogP contribution in [-0.4, -0.2) is 32.2 Å². The van der Waals surface area contributed by atoms with Gasteiger partial charge in [-0.15, -0.1) is 0 Å². The number of halogens is 1. The van der Waals surface area contributed by atoms with Gasteiger partial charge >= 0.3 is 5.97 Å². The molecule has 0 saturated carbocycles. The highest BCUT2D eigenvalue weighted by molar-refractivity contribution is 6.29. The summed E-state index contributed by atoms with van der Waals surface area (Å²) in [6.07, 6.45) is 14.7. The maximum Gasteiger partial charge on any atom is 0.337 e. The maximum atomic E-state index is 13.8. The van der Waals surface area contributed by atoms with Crippen LogP contribution in [0.25, 0.3) is 0 Å². The summed E-state index contributed by atoms with van der Waals surface area (Å²) in [6, 6.07) is 7.43. The van der Waals surface area contributed by atoms with Crippen LogP contribution in [0.3, 0.4) is 0 Å². The summed E-state index contributed by atoms with van der Waals surface area (Å²) in [6.45, 7) is 2.13. The van der Waals surface area contributed by atoms with Gasteiger partial charge in [0.2, 0.25) is 5.91 Å². The fraction of sp³-hybridized carbons (Fsp3) is 0.429. The number of amides is 1. The van der Waals surface area contributed by atoms with Gasteiger partial charge in [-0.1, -0.05) is 67.0 Å². The second-order valence-electron chi connectivity index (χ2n) is 8.70. The van der Waals surface area contributed by atoms with Crippen molar-refractivity contribution in [3.8, 4) is 0 Å². The van der Waals surface area contributed by atoms with Crippen LogP contribution in [0.15, 0.2) is 70.9 Å². The minimum absolute atomic E-state index is 0.0105. The molecule has 5 nitrogen and oxygen atoms in total. The van der Waals surface area contributed by atoms with E-state index in [4.69, 9.17) is 21.1 Å². The molecule has 0 spiro atoms. The third-order valence-corrected chi connectivity index (χ3v) is 6.76. The molecule has 182 valence electrons. The Kier molecular flexibility index (Phi) is 9.73. The van der Waals surface area contributed by atoms with Gasteiger partial charge in [0.1, 0.15) is 0 Å². The number of carbonyl (C=O) groups excluding carboxylic acids is 2. The zero-order chi connectivity index (χ0) is 24.5. The van der Waals surface area contributed by atoms with Crippen LogP contribution >= 0.6 is 11.6 Å². The Morgan fingerprint density at radius 2 is 1.91 bits per heavy atom. The molecule has 0 saturated heterocycles. The Hall–Kier alpha value is -2.63. The first-order valence-corrected chi connectivity index (χ1v) is 12.3. The molecule has 6 heteroatoms. The largest absolute Gasteiger partial charge is 0.465 e. The first-order chi connectivity index (χ1) is 16.5. The molecular weight excluding hydrogens is 450 g/mol. The highest BCUT2D eigenvalue weighted by Crippen LogP contribution is 2.39. The van der Waals surface area contributed by atoms with E-state index in [-0.39, 0.29) is 29.8 Å². The van der Waals surface area contributed by atoms with E-state index in [1.165, 1.54) is 7.11 Å². The summed E-state index contributed by atoms with van der Waals surface area (Å²) in [7, 11) is 3.06. The van der Waals surface area contributed by atoms with E-state index < -0.39 is 0 Å². The number of esters is 1. The van der Waals surface area contributed by atoms with Gasteiger partial charge in [0.05, 0.1) is 24.7 Å². The molecule has 0 aliphatic heterocycles. The van der Waals surface area contributed by atoms with Crippen LogP contribution in [0, 0.1) is 5.92 Å². The highest BCUT2D eigenvalue weighted by atomic mass is 35.5. The number of rotatable bonds is 9. The number of ether oxygens (including phenoxy) is 2. The van der Waals surface area contributed by atoms with Crippen molar-refractivity contribution in [1.29, 1.82) is 0 Å². The summed E-state index contributed by atoms with van der Waals surface area (Å²) in [4.78, 5) is 25.7. The lowest BCUT2D eigenvalue weighted by Crippen LogP contribution is -2.35. The van der Waals surface area contributed by atoms with E-state index >= 15 is 0 Å².